The van der Waals surface area contributed by atoms with Gasteiger partial charge < -0.3 is 14.6 Å². The van der Waals surface area contributed by atoms with Crippen LogP contribution in [0, 0.1) is 6.92 Å². The van der Waals surface area contributed by atoms with E-state index >= 15 is 0 Å². The third-order valence-electron chi connectivity index (χ3n) is 6.14. The molecule has 1 N–H and O–H groups in total. The number of hydrogen-bond acceptors (Lipinski definition) is 4. The SMILES string of the molecule is COc1ccc(C)c(NC(=O)C(C)n2ccc3cc(S(=O)(=O)N4CCCCC4)ccc32)c1. The van der Waals surface area contributed by atoms with Crippen molar-refractivity contribution in [2.75, 3.05) is 25.5 Å². The number of fused-ring (bicyclic) bond motifs is 1. The molecule has 1 aliphatic heterocycles. The molecule has 0 bridgehead atoms. The van der Waals surface area contributed by atoms with E-state index in [9.17, 15) is 13.2 Å². The van der Waals surface area contributed by atoms with Gasteiger partial charge in [0.05, 0.1) is 12.0 Å². The van der Waals surface area contributed by atoms with E-state index in [-0.39, 0.29) is 5.91 Å². The predicted molar refractivity (Wildman–Crippen MR) is 126 cm³/mol. The van der Waals surface area contributed by atoms with Gasteiger partial charge in [-0.3, -0.25) is 4.79 Å². The molecule has 2 heterocycles. The van der Waals surface area contributed by atoms with Crippen LogP contribution in [0.5, 0.6) is 5.75 Å². The van der Waals surface area contributed by atoms with Crippen LogP contribution in [0.4, 0.5) is 5.69 Å². The lowest BCUT2D eigenvalue weighted by Gasteiger charge is -2.26. The van der Waals surface area contributed by atoms with Crippen molar-refractivity contribution in [1.29, 1.82) is 0 Å². The van der Waals surface area contributed by atoms with E-state index in [0.717, 1.165) is 35.7 Å². The van der Waals surface area contributed by atoms with E-state index in [1.54, 1.807) is 35.7 Å². The van der Waals surface area contributed by atoms with Crippen LogP contribution in [0.25, 0.3) is 10.9 Å². The summed E-state index contributed by atoms with van der Waals surface area (Å²) in [6.45, 7) is 4.89. The molecule has 3 aromatic rings. The highest BCUT2D eigenvalue weighted by Crippen LogP contribution is 2.28. The summed E-state index contributed by atoms with van der Waals surface area (Å²) in [5, 5.41) is 3.77. The van der Waals surface area contributed by atoms with Crippen LogP contribution in [0.3, 0.4) is 0 Å². The molecular formula is C24H29N3O4S. The normalized spacial score (nSPS) is 16.1. The first-order valence-corrected chi connectivity index (χ1v) is 12.3. The molecule has 2 aromatic carbocycles. The van der Waals surface area contributed by atoms with Crippen LogP contribution in [0.1, 0.15) is 37.8 Å². The number of nitrogens with one attached hydrogen (secondary N) is 1. The highest BCUT2D eigenvalue weighted by molar-refractivity contribution is 7.89. The lowest BCUT2D eigenvalue weighted by Crippen LogP contribution is -2.35. The number of hydrogen-bond donors (Lipinski definition) is 1. The lowest BCUT2D eigenvalue weighted by molar-refractivity contribution is -0.118. The Hall–Kier alpha value is -2.84. The van der Waals surface area contributed by atoms with Crippen molar-refractivity contribution in [3.63, 3.8) is 0 Å². The molecule has 1 aromatic heterocycles. The summed E-state index contributed by atoms with van der Waals surface area (Å²) in [6.07, 6.45) is 4.70. The van der Waals surface area contributed by atoms with Crippen molar-refractivity contribution in [3.05, 3.63) is 54.2 Å². The molecule has 8 heteroatoms. The molecule has 32 heavy (non-hydrogen) atoms. The van der Waals surface area contributed by atoms with Gasteiger partial charge in [0, 0.05) is 41.9 Å². The first kappa shape index (κ1) is 22.4. The number of carbonyl (C=O) groups is 1. The molecule has 1 fully saturated rings. The number of aryl methyl sites for hydroxylation is 1. The molecule has 4 rings (SSSR count). The van der Waals surface area contributed by atoms with Crippen molar-refractivity contribution >= 4 is 32.5 Å². The van der Waals surface area contributed by atoms with Crippen molar-refractivity contribution < 1.29 is 17.9 Å². The molecule has 0 radical (unpaired) electrons. The number of amides is 1. The number of aromatic nitrogens is 1. The fourth-order valence-corrected chi connectivity index (χ4v) is 5.67. The zero-order valence-electron chi connectivity index (χ0n) is 18.7. The van der Waals surface area contributed by atoms with Crippen molar-refractivity contribution in [3.8, 4) is 5.75 Å². The topological polar surface area (TPSA) is 80.6 Å². The average molecular weight is 456 g/mol. The van der Waals surface area contributed by atoms with E-state index in [1.807, 2.05) is 42.8 Å². The second-order valence-electron chi connectivity index (χ2n) is 8.25. The third kappa shape index (κ3) is 4.25. The minimum atomic E-state index is -3.50. The maximum Gasteiger partial charge on any atom is 0.247 e. The summed E-state index contributed by atoms with van der Waals surface area (Å²) in [4.78, 5) is 13.3. The monoisotopic (exact) mass is 455 g/mol. The Morgan fingerprint density at radius 1 is 1.06 bits per heavy atom. The fourth-order valence-electron chi connectivity index (χ4n) is 4.12. The predicted octanol–water partition coefficient (Wildman–Crippen LogP) is 4.33. The highest BCUT2D eigenvalue weighted by Gasteiger charge is 2.26. The van der Waals surface area contributed by atoms with Gasteiger partial charge in [-0.15, -0.1) is 0 Å². The van der Waals surface area contributed by atoms with E-state index in [4.69, 9.17) is 4.74 Å². The van der Waals surface area contributed by atoms with Crippen LogP contribution < -0.4 is 10.1 Å². The maximum absolute atomic E-state index is 13.0. The summed E-state index contributed by atoms with van der Waals surface area (Å²) in [5.41, 5.74) is 2.46. The first-order chi connectivity index (χ1) is 15.3. The second-order valence-corrected chi connectivity index (χ2v) is 10.2. The number of methoxy groups -OCH3 is 1. The minimum Gasteiger partial charge on any atom is -0.497 e. The van der Waals surface area contributed by atoms with Crippen molar-refractivity contribution in [2.45, 2.75) is 44.0 Å². The quantitative estimate of drug-likeness (QED) is 0.600. The molecule has 0 spiro atoms. The summed E-state index contributed by atoms with van der Waals surface area (Å²) in [6, 6.07) is 12.0. The number of anilines is 1. The smallest absolute Gasteiger partial charge is 0.247 e. The minimum absolute atomic E-state index is 0.163. The Labute approximate surface area is 189 Å². The third-order valence-corrected chi connectivity index (χ3v) is 8.04. The van der Waals surface area contributed by atoms with E-state index in [2.05, 4.69) is 5.32 Å². The molecule has 1 aliphatic rings. The van der Waals surface area contributed by atoms with Gasteiger partial charge in [-0.1, -0.05) is 12.5 Å². The number of carbonyl (C=O) groups excluding carboxylic acids is 1. The highest BCUT2D eigenvalue weighted by atomic mass is 32.2. The van der Waals surface area contributed by atoms with Crippen LogP contribution in [0.2, 0.25) is 0 Å². The second kappa shape index (κ2) is 8.96. The molecule has 7 nitrogen and oxygen atoms in total. The fraction of sp³-hybridized carbons (Fsp3) is 0.375. The van der Waals surface area contributed by atoms with Gasteiger partial charge in [-0.25, -0.2) is 8.42 Å². The zero-order valence-corrected chi connectivity index (χ0v) is 19.5. The Balaban J connectivity index is 1.58. The van der Waals surface area contributed by atoms with Crippen LogP contribution >= 0.6 is 0 Å². The van der Waals surface area contributed by atoms with Gasteiger partial charge in [0.25, 0.3) is 0 Å². The molecule has 1 atom stereocenters. The first-order valence-electron chi connectivity index (χ1n) is 10.9. The van der Waals surface area contributed by atoms with Gasteiger partial charge in [0.15, 0.2) is 0 Å². The summed E-state index contributed by atoms with van der Waals surface area (Å²) in [7, 11) is -1.91. The lowest BCUT2D eigenvalue weighted by atomic mass is 10.1. The van der Waals surface area contributed by atoms with E-state index in [1.165, 1.54) is 0 Å². The zero-order chi connectivity index (χ0) is 22.9. The van der Waals surface area contributed by atoms with Gasteiger partial charge in [-0.05, 0) is 62.6 Å². The molecule has 0 saturated carbocycles. The van der Waals surface area contributed by atoms with E-state index in [0.29, 0.717) is 29.4 Å². The summed E-state index contributed by atoms with van der Waals surface area (Å²) in [5.74, 6) is 0.510. The molecule has 1 saturated heterocycles. The van der Waals surface area contributed by atoms with Gasteiger partial charge in [0.2, 0.25) is 15.9 Å². The van der Waals surface area contributed by atoms with Gasteiger partial charge in [-0.2, -0.15) is 4.31 Å². The Morgan fingerprint density at radius 3 is 2.53 bits per heavy atom. The Bertz CT molecular complexity index is 1240. The number of rotatable bonds is 6. The molecule has 170 valence electrons. The maximum atomic E-state index is 13.0. The molecule has 1 amide bonds. The number of piperidine rings is 1. The number of ether oxygens (including phenoxy) is 1. The van der Waals surface area contributed by atoms with Crippen molar-refractivity contribution in [1.82, 2.24) is 8.87 Å². The number of sulfonamides is 1. The number of benzene rings is 2. The van der Waals surface area contributed by atoms with Crippen LogP contribution in [0.15, 0.2) is 53.6 Å². The summed E-state index contributed by atoms with van der Waals surface area (Å²) < 4.78 is 34.7. The largest absolute Gasteiger partial charge is 0.497 e. The molecular weight excluding hydrogens is 426 g/mol. The molecule has 1 unspecified atom stereocenters. The Morgan fingerprint density at radius 2 is 1.81 bits per heavy atom. The van der Waals surface area contributed by atoms with Crippen molar-refractivity contribution in [2.24, 2.45) is 0 Å². The number of nitrogens with zero attached hydrogens (tertiary/aromatic N) is 2. The summed E-state index contributed by atoms with van der Waals surface area (Å²) >= 11 is 0. The van der Waals surface area contributed by atoms with E-state index < -0.39 is 16.1 Å². The van der Waals surface area contributed by atoms with Gasteiger partial charge in [0.1, 0.15) is 11.8 Å². The average Bonchev–Trinajstić information content (AvgIpc) is 3.23. The van der Waals surface area contributed by atoms with Crippen LogP contribution in [-0.4, -0.2) is 43.4 Å². The standard InChI is InChI=1S/C24H29N3O4S/c1-17-7-8-20(31-3)16-22(17)25-24(28)18(2)27-14-11-19-15-21(9-10-23(19)27)32(29,30)26-12-5-4-6-13-26/h7-11,14-16,18H,4-6,12-13H2,1-3H3,(H,25,28). The van der Waals surface area contributed by atoms with Gasteiger partial charge >= 0.3 is 0 Å². The molecule has 0 aliphatic carbocycles. The van der Waals surface area contributed by atoms with Crippen LogP contribution in [-0.2, 0) is 14.8 Å². The Kier molecular flexibility index (Phi) is 6.26.